The Morgan fingerprint density at radius 2 is 1.82 bits per heavy atom. The number of amides is 1. The molecule has 3 heterocycles. The van der Waals surface area contributed by atoms with Gasteiger partial charge in [-0.25, -0.2) is 12.8 Å². The van der Waals surface area contributed by atoms with E-state index in [0.717, 1.165) is 43.6 Å². The number of sulfonamides is 1. The second kappa shape index (κ2) is 7.46. The highest BCUT2D eigenvalue weighted by molar-refractivity contribution is 7.89. The molecule has 2 aromatic rings. The summed E-state index contributed by atoms with van der Waals surface area (Å²) in [4.78, 5) is 14.3. The lowest BCUT2D eigenvalue weighted by atomic mass is 10.1. The van der Waals surface area contributed by atoms with Gasteiger partial charge in [0, 0.05) is 38.4 Å². The molecule has 1 aromatic carbocycles. The molecule has 0 saturated carbocycles. The lowest BCUT2D eigenvalue weighted by Crippen LogP contribution is -2.50. The van der Waals surface area contributed by atoms with Crippen LogP contribution in [-0.2, 0) is 23.0 Å². The zero-order valence-electron chi connectivity index (χ0n) is 15.1. The molecule has 10 heteroatoms. The highest BCUT2D eigenvalue weighted by atomic mass is 35.5. The summed E-state index contributed by atoms with van der Waals surface area (Å²) in [5.74, 6) is -0.845. The fourth-order valence-corrected chi connectivity index (χ4v) is 5.30. The Kier molecular flexibility index (Phi) is 5.15. The molecule has 0 radical (unpaired) electrons. The van der Waals surface area contributed by atoms with E-state index in [1.807, 2.05) is 10.7 Å². The summed E-state index contributed by atoms with van der Waals surface area (Å²) in [6.45, 7) is 1.70. The van der Waals surface area contributed by atoms with E-state index in [-0.39, 0.29) is 42.0 Å². The van der Waals surface area contributed by atoms with Crippen molar-refractivity contribution in [1.29, 1.82) is 0 Å². The number of halogens is 2. The summed E-state index contributed by atoms with van der Waals surface area (Å²) >= 11 is 5.71. The number of aromatic nitrogens is 2. The SMILES string of the molecule is O=C(c1cc2n(n1)CCCC2)N1CCN(S(=O)(=O)c2ccc(F)c(Cl)c2)CC1. The van der Waals surface area contributed by atoms with Crippen LogP contribution in [0.2, 0.25) is 5.02 Å². The van der Waals surface area contributed by atoms with Gasteiger partial charge in [0.05, 0.1) is 9.92 Å². The van der Waals surface area contributed by atoms with Gasteiger partial charge in [0.2, 0.25) is 10.0 Å². The van der Waals surface area contributed by atoms with Crippen LogP contribution in [0.1, 0.15) is 29.0 Å². The molecule has 0 bridgehead atoms. The molecule has 0 N–H and O–H groups in total. The average Bonchev–Trinajstić information content (AvgIpc) is 3.13. The van der Waals surface area contributed by atoms with Crippen molar-refractivity contribution in [2.45, 2.75) is 30.7 Å². The minimum absolute atomic E-state index is 0.0551. The number of carbonyl (C=O) groups excluding carboxylic acids is 1. The maximum Gasteiger partial charge on any atom is 0.274 e. The molecule has 0 aliphatic carbocycles. The zero-order valence-corrected chi connectivity index (χ0v) is 16.7. The van der Waals surface area contributed by atoms with Crippen molar-refractivity contribution in [1.82, 2.24) is 19.0 Å². The quantitative estimate of drug-likeness (QED) is 0.753. The summed E-state index contributed by atoms with van der Waals surface area (Å²) in [7, 11) is -3.79. The molecular weight excluding hydrogens is 407 g/mol. The standard InChI is InChI=1S/C18H20ClFN4O3S/c19-15-12-14(4-5-16(15)20)28(26,27)23-9-7-22(8-10-23)18(25)17-11-13-3-1-2-6-24(13)21-17/h4-5,11-12H,1-3,6-10H2. The van der Waals surface area contributed by atoms with Gasteiger partial charge in [-0.15, -0.1) is 0 Å². The van der Waals surface area contributed by atoms with Crippen LogP contribution >= 0.6 is 11.6 Å². The Morgan fingerprint density at radius 1 is 1.07 bits per heavy atom. The van der Waals surface area contributed by atoms with E-state index in [0.29, 0.717) is 5.69 Å². The van der Waals surface area contributed by atoms with Crippen LogP contribution in [0.3, 0.4) is 0 Å². The van der Waals surface area contributed by atoms with E-state index in [2.05, 4.69) is 5.10 Å². The topological polar surface area (TPSA) is 75.5 Å². The first-order chi connectivity index (χ1) is 13.4. The maximum atomic E-state index is 13.3. The van der Waals surface area contributed by atoms with Crippen LogP contribution in [0.4, 0.5) is 4.39 Å². The van der Waals surface area contributed by atoms with Crippen LogP contribution in [-0.4, -0.2) is 59.5 Å². The third kappa shape index (κ3) is 3.54. The van der Waals surface area contributed by atoms with Crippen LogP contribution in [0.15, 0.2) is 29.2 Å². The average molecular weight is 427 g/mol. The van der Waals surface area contributed by atoms with Gasteiger partial charge in [-0.05, 0) is 43.5 Å². The normalized spacial score (nSPS) is 18.1. The molecule has 4 rings (SSSR count). The van der Waals surface area contributed by atoms with E-state index < -0.39 is 15.8 Å². The fourth-order valence-electron chi connectivity index (χ4n) is 3.60. The number of benzene rings is 1. The van der Waals surface area contributed by atoms with E-state index in [1.54, 1.807) is 4.90 Å². The van der Waals surface area contributed by atoms with Gasteiger partial charge in [-0.1, -0.05) is 11.6 Å². The number of carbonyl (C=O) groups is 1. The van der Waals surface area contributed by atoms with Crippen molar-refractivity contribution in [3.05, 3.63) is 46.5 Å². The second-order valence-corrected chi connectivity index (χ2v) is 9.32. The Labute approximate surface area is 167 Å². The minimum Gasteiger partial charge on any atom is -0.335 e. The van der Waals surface area contributed by atoms with E-state index in [9.17, 15) is 17.6 Å². The van der Waals surface area contributed by atoms with Crippen molar-refractivity contribution < 1.29 is 17.6 Å². The first kappa shape index (κ1) is 19.4. The predicted molar refractivity (Wildman–Crippen MR) is 101 cm³/mol. The second-order valence-electron chi connectivity index (χ2n) is 6.97. The Balaban J connectivity index is 1.44. The summed E-state index contributed by atoms with van der Waals surface area (Å²) < 4.78 is 42.0. The van der Waals surface area contributed by atoms with Crippen LogP contribution in [0, 0.1) is 5.82 Å². The zero-order chi connectivity index (χ0) is 19.9. The summed E-state index contributed by atoms with van der Waals surface area (Å²) in [5, 5.41) is 4.17. The third-order valence-corrected chi connectivity index (χ3v) is 7.37. The number of hydrogen-bond donors (Lipinski definition) is 0. The number of fused-ring (bicyclic) bond motifs is 1. The van der Waals surface area contributed by atoms with Crippen molar-refractivity contribution in [3.8, 4) is 0 Å². The minimum atomic E-state index is -3.79. The number of aryl methyl sites for hydroxylation is 2. The molecule has 2 aliphatic rings. The third-order valence-electron chi connectivity index (χ3n) is 5.19. The van der Waals surface area contributed by atoms with E-state index in [4.69, 9.17) is 11.6 Å². The van der Waals surface area contributed by atoms with Gasteiger partial charge < -0.3 is 4.90 Å². The van der Waals surface area contributed by atoms with Crippen molar-refractivity contribution >= 4 is 27.5 Å². The molecule has 1 fully saturated rings. The Bertz CT molecular complexity index is 992. The fraction of sp³-hybridized carbons (Fsp3) is 0.444. The molecule has 28 heavy (non-hydrogen) atoms. The molecular formula is C18H20ClFN4O3S. The molecule has 1 aromatic heterocycles. The van der Waals surface area contributed by atoms with Gasteiger partial charge >= 0.3 is 0 Å². The monoisotopic (exact) mass is 426 g/mol. The lowest BCUT2D eigenvalue weighted by Gasteiger charge is -2.33. The van der Waals surface area contributed by atoms with Gasteiger partial charge in [0.1, 0.15) is 5.82 Å². The molecule has 7 nitrogen and oxygen atoms in total. The van der Waals surface area contributed by atoms with Gasteiger partial charge in [-0.2, -0.15) is 9.40 Å². The Hall–Kier alpha value is -1.97. The van der Waals surface area contributed by atoms with Crippen LogP contribution in [0.25, 0.3) is 0 Å². The first-order valence-electron chi connectivity index (χ1n) is 9.17. The summed E-state index contributed by atoms with van der Waals surface area (Å²) in [6, 6.07) is 5.18. The van der Waals surface area contributed by atoms with Crippen molar-refractivity contribution in [2.24, 2.45) is 0 Å². The number of nitrogens with zero attached hydrogens (tertiary/aromatic N) is 4. The molecule has 0 unspecified atom stereocenters. The molecule has 0 atom stereocenters. The molecule has 0 spiro atoms. The molecule has 1 saturated heterocycles. The molecule has 1 amide bonds. The smallest absolute Gasteiger partial charge is 0.274 e. The van der Waals surface area contributed by atoms with Gasteiger partial charge in [-0.3, -0.25) is 9.48 Å². The first-order valence-corrected chi connectivity index (χ1v) is 11.0. The van der Waals surface area contributed by atoms with Crippen molar-refractivity contribution in [2.75, 3.05) is 26.2 Å². The maximum absolute atomic E-state index is 13.3. The number of hydrogen-bond acceptors (Lipinski definition) is 4. The lowest BCUT2D eigenvalue weighted by molar-refractivity contribution is 0.0691. The number of rotatable bonds is 3. The predicted octanol–water partition coefficient (Wildman–Crippen LogP) is 2.16. The van der Waals surface area contributed by atoms with E-state index in [1.165, 1.54) is 10.4 Å². The van der Waals surface area contributed by atoms with Gasteiger partial charge in [0.15, 0.2) is 5.69 Å². The molecule has 150 valence electrons. The van der Waals surface area contributed by atoms with Crippen LogP contribution < -0.4 is 0 Å². The summed E-state index contributed by atoms with van der Waals surface area (Å²) in [5.41, 5.74) is 1.49. The largest absolute Gasteiger partial charge is 0.335 e. The highest BCUT2D eigenvalue weighted by Crippen LogP contribution is 2.24. The van der Waals surface area contributed by atoms with Gasteiger partial charge in [0.25, 0.3) is 5.91 Å². The number of piperazine rings is 1. The van der Waals surface area contributed by atoms with Crippen LogP contribution in [0.5, 0.6) is 0 Å². The van der Waals surface area contributed by atoms with E-state index >= 15 is 0 Å². The highest BCUT2D eigenvalue weighted by Gasteiger charge is 2.31. The Morgan fingerprint density at radius 3 is 2.50 bits per heavy atom. The van der Waals surface area contributed by atoms with Crippen molar-refractivity contribution in [3.63, 3.8) is 0 Å². The summed E-state index contributed by atoms with van der Waals surface area (Å²) in [6.07, 6.45) is 3.09. The molecule has 2 aliphatic heterocycles.